The van der Waals surface area contributed by atoms with Gasteiger partial charge in [0.15, 0.2) is 0 Å². The van der Waals surface area contributed by atoms with Crippen molar-refractivity contribution in [2.24, 2.45) is 0 Å². The Hall–Kier alpha value is -0.656. The van der Waals surface area contributed by atoms with Crippen molar-refractivity contribution in [1.82, 2.24) is 0 Å². The number of rotatable bonds is 2. The van der Waals surface area contributed by atoms with E-state index in [-0.39, 0.29) is 43.5 Å². The SMILES string of the molecule is CC(C)(C)c1[c-]c(Oc2[c-]cccc2)ccc1C(C)(C)C.[Y]. The smallest absolute Gasteiger partial charge is 0.0130 e. The van der Waals surface area contributed by atoms with Gasteiger partial charge in [-0.05, 0) is 5.41 Å². The van der Waals surface area contributed by atoms with Gasteiger partial charge in [-0.1, -0.05) is 47.0 Å². The zero-order valence-corrected chi connectivity index (χ0v) is 17.3. The van der Waals surface area contributed by atoms with Crippen molar-refractivity contribution in [2.45, 2.75) is 52.4 Å². The van der Waals surface area contributed by atoms with Crippen LogP contribution in [0.15, 0.2) is 36.4 Å². The van der Waals surface area contributed by atoms with E-state index < -0.39 is 0 Å². The first-order valence-electron chi connectivity index (χ1n) is 7.40. The summed E-state index contributed by atoms with van der Waals surface area (Å²) in [7, 11) is 0. The van der Waals surface area contributed by atoms with Crippen LogP contribution in [0.2, 0.25) is 0 Å². The van der Waals surface area contributed by atoms with E-state index in [1.54, 1.807) is 0 Å². The second-order valence-corrected chi connectivity index (χ2v) is 7.44. The zero-order valence-electron chi connectivity index (χ0n) is 14.4. The van der Waals surface area contributed by atoms with Crippen LogP contribution in [0.4, 0.5) is 0 Å². The average molecular weight is 369 g/mol. The Morgan fingerprint density at radius 3 is 2.00 bits per heavy atom. The number of para-hydroxylation sites is 1. The van der Waals surface area contributed by atoms with Gasteiger partial charge in [0.2, 0.25) is 0 Å². The zero-order chi connectivity index (χ0) is 15.7. The molecule has 0 amide bonds. The summed E-state index contributed by atoms with van der Waals surface area (Å²) in [5, 5.41) is 0. The van der Waals surface area contributed by atoms with Gasteiger partial charge in [-0.3, -0.25) is 0 Å². The van der Waals surface area contributed by atoms with Gasteiger partial charge in [-0.2, -0.15) is 24.3 Å². The molecule has 0 heterocycles. The molecule has 2 rings (SSSR count). The monoisotopic (exact) mass is 369 g/mol. The fourth-order valence-electron chi connectivity index (χ4n) is 2.31. The summed E-state index contributed by atoms with van der Waals surface area (Å²) >= 11 is 0. The molecule has 2 aromatic rings. The first-order chi connectivity index (χ1) is 9.68. The van der Waals surface area contributed by atoms with E-state index in [4.69, 9.17) is 4.74 Å². The summed E-state index contributed by atoms with van der Waals surface area (Å²) in [5.74, 6) is 1.47. The summed E-state index contributed by atoms with van der Waals surface area (Å²) in [6.07, 6.45) is 0. The predicted molar refractivity (Wildman–Crippen MR) is 88.0 cm³/mol. The molecule has 0 spiro atoms. The van der Waals surface area contributed by atoms with Gasteiger partial charge in [0.25, 0.3) is 0 Å². The molecule has 2 heteroatoms. The van der Waals surface area contributed by atoms with E-state index >= 15 is 0 Å². The molecule has 0 saturated carbocycles. The molecule has 0 unspecified atom stereocenters. The van der Waals surface area contributed by atoms with Gasteiger partial charge < -0.3 is 4.74 Å². The third-order valence-electron chi connectivity index (χ3n) is 3.38. The van der Waals surface area contributed by atoms with Crippen molar-refractivity contribution in [2.75, 3.05) is 0 Å². The van der Waals surface area contributed by atoms with E-state index in [2.05, 4.69) is 59.7 Å². The molecule has 22 heavy (non-hydrogen) atoms. The van der Waals surface area contributed by atoms with Gasteiger partial charge in [0, 0.05) is 44.2 Å². The van der Waals surface area contributed by atoms with Crippen LogP contribution in [0, 0.1) is 12.1 Å². The molecule has 0 aliphatic heterocycles. The van der Waals surface area contributed by atoms with Crippen LogP contribution in [0.25, 0.3) is 0 Å². The molecular formula is C20H24OY-2. The molecule has 0 N–H and O–H groups in total. The summed E-state index contributed by atoms with van der Waals surface area (Å²) in [4.78, 5) is 0. The molecule has 115 valence electrons. The Morgan fingerprint density at radius 1 is 0.818 bits per heavy atom. The van der Waals surface area contributed by atoms with Gasteiger partial charge in [-0.25, -0.2) is 0 Å². The van der Waals surface area contributed by atoms with Crippen molar-refractivity contribution in [3.63, 3.8) is 0 Å². The van der Waals surface area contributed by atoms with Crippen LogP contribution in [0.3, 0.4) is 0 Å². The fraction of sp³-hybridized carbons (Fsp3) is 0.400. The number of hydrogen-bond acceptors (Lipinski definition) is 1. The summed E-state index contributed by atoms with van der Waals surface area (Å²) in [6, 6.07) is 18.3. The Bertz CT molecular complexity index is 604. The van der Waals surface area contributed by atoms with Gasteiger partial charge in [0.1, 0.15) is 0 Å². The molecule has 0 aromatic heterocycles. The van der Waals surface area contributed by atoms with Gasteiger partial charge in [0.05, 0.1) is 0 Å². The molecule has 1 nitrogen and oxygen atoms in total. The minimum absolute atomic E-state index is 0. The third-order valence-corrected chi connectivity index (χ3v) is 3.38. The normalized spacial score (nSPS) is 11.7. The van der Waals surface area contributed by atoms with Crippen molar-refractivity contribution in [1.29, 1.82) is 0 Å². The first-order valence-corrected chi connectivity index (χ1v) is 7.40. The Balaban J connectivity index is 0.00000242. The summed E-state index contributed by atoms with van der Waals surface area (Å²) in [6.45, 7) is 13.3. The molecule has 0 aliphatic rings. The molecule has 2 aromatic carbocycles. The molecule has 1 radical (unpaired) electrons. The Labute approximate surface area is 160 Å². The third kappa shape index (κ3) is 4.93. The second-order valence-electron chi connectivity index (χ2n) is 7.44. The van der Waals surface area contributed by atoms with E-state index in [9.17, 15) is 0 Å². The topological polar surface area (TPSA) is 9.23 Å². The van der Waals surface area contributed by atoms with E-state index in [1.807, 2.05) is 30.3 Å². The summed E-state index contributed by atoms with van der Waals surface area (Å²) in [5.41, 5.74) is 2.65. The maximum Gasteiger partial charge on any atom is 0.0130 e. The second kappa shape index (κ2) is 7.28. The van der Waals surface area contributed by atoms with E-state index in [1.165, 1.54) is 11.1 Å². The van der Waals surface area contributed by atoms with Crippen LogP contribution in [0.5, 0.6) is 11.5 Å². The van der Waals surface area contributed by atoms with Crippen LogP contribution in [-0.2, 0) is 43.5 Å². The molecule has 0 saturated heterocycles. The summed E-state index contributed by atoms with van der Waals surface area (Å²) < 4.78 is 5.87. The van der Waals surface area contributed by atoms with Crippen molar-refractivity contribution in [3.8, 4) is 11.5 Å². The maximum absolute atomic E-state index is 5.87. The van der Waals surface area contributed by atoms with Gasteiger partial charge in [-0.15, -0.1) is 35.4 Å². The maximum atomic E-state index is 5.87. The van der Waals surface area contributed by atoms with E-state index in [0.29, 0.717) is 0 Å². The minimum Gasteiger partial charge on any atom is -0.509 e. The number of benzene rings is 2. The minimum atomic E-state index is 0. The predicted octanol–water partition coefficient (Wildman–Crippen LogP) is 5.67. The van der Waals surface area contributed by atoms with Crippen LogP contribution in [-0.4, -0.2) is 0 Å². The van der Waals surface area contributed by atoms with Crippen molar-refractivity contribution in [3.05, 3.63) is 59.7 Å². The van der Waals surface area contributed by atoms with Crippen LogP contribution >= 0.6 is 0 Å². The van der Waals surface area contributed by atoms with Crippen LogP contribution < -0.4 is 4.74 Å². The standard InChI is InChI=1S/C20H24O.Y/c1-19(2,3)17-13-12-16(14-18(17)20(4,5)6)21-15-10-8-7-9-11-15;/h7-10,12-13H,1-6H3;/q-2;. The number of hydrogen-bond donors (Lipinski definition) is 0. The fourth-order valence-corrected chi connectivity index (χ4v) is 2.31. The van der Waals surface area contributed by atoms with Crippen molar-refractivity contribution < 1.29 is 37.4 Å². The van der Waals surface area contributed by atoms with E-state index in [0.717, 1.165) is 11.5 Å². The molecular weight excluding hydrogens is 345 g/mol. The largest absolute Gasteiger partial charge is 0.509 e. The quantitative estimate of drug-likeness (QED) is 0.620. The molecule has 0 aliphatic carbocycles. The average Bonchev–Trinajstić information content (AvgIpc) is 2.37. The first kappa shape index (κ1) is 19.4. The van der Waals surface area contributed by atoms with Crippen LogP contribution in [0.1, 0.15) is 52.7 Å². The molecule has 0 fully saturated rings. The van der Waals surface area contributed by atoms with Crippen molar-refractivity contribution >= 4 is 0 Å². The molecule has 0 atom stereocenters. The van der Waals surface area contributed by atoms with Gasteiger partial charge >= 0.3 is 0 Å². The molecule has 0 bridgehead atoms. The Kier molecular flexibility index (Phi) is 6.41. The Morgan fingerprint density at radius 2 is 1.50 bits per heavy atom. The number of ether oxygens (including phenoxy) is 1.